The second kappa shape index (κ2) is 18.3. The minimum atomic E-state index is -0.460. The second-order valence-corrected chi connectivity index (χ2v) is 6.63. The minimum Gasteiger partial charge on any atom is -0.392 e. The molecule has 2 N–H and O–H groups in total. The Balaban J connectivity index is 3.27. The number of nitrogens with one attached hydrogen (secondary N) is 1. The first-order chi connectivity index (χ1) is 11.7. The first kappa shape index (κ1) is 22.9. The molecule has 24 heavy (non-hydrogen) atoms. The molecule has 3 nitrogen and oxygen atoms in total. The molecule has 0 radical (unpaired) electrons. The molecule has 0 aromatic carbocycles. The highest BCUT2D eigenvalue weighted by atomic mass is 16.3. The number of rotatable bonds is 16. The van der Waals surface area contributed by atoms with Gasteiger partial charge in [0.05, 0.1) is 6.10 Å². The average molecular weight is 338 g/mol. The minimum absolute atomic E-state index is 0.0570. The molecule has 0 aromatic heterocycles. The monoisotopic (exact) mass is 337 g/mol. The number of aliphatic hydroxyl groups excluding tert-OH is 1. The lowest BCUT2D eigenvalue weighted by atomic mass is 10.1. The first-order valence-electron chi connectivity index (χ1n) is 9.91. The van der Waals surface area contributed by atoms with E-state index < -0.39 is 6.10 Å². The molecule has 0 bridgehead atoms. The van der Waals surface area contributed by atoms with Crippen molar-refractivity contribution in [2.45, 2.75) is 97.0 Å². The number of hydrogen-bond acceptors (Lipinski definition) is 2. The predicted molar refractivity (Wildman–Crippen MR) is 104 cm³/mol. The van der Waals surface area contributed by atoms with Crippen molar-refractivity contribution in [3.8, 4) is 0 Å². The van der Waals surface area contributed by atoms with Crippen molar-refractivity contribution < 1.29 is 9.90 Å². The molecule has 0 spiro atoms. The fourth-order valence-electron chi connectivity index (χ4n) is 2.45. The van der Waals surface area contributed by atoms with Crippen molar-refractivity contribution in [3.05, 3.63) is 24.3 Å². The largest absolute Gasteiger partial charge is 0.392 e. The summed E-state index contributed by atoms with van der Waals surface area (Å²) >= 11 is 0. The smallest absolute Gasteiger partial charge is 0.220 e. The third kappa shape index (κ3) is 19.0. The average Bonchev–Trinajstić information content (AvgIpc) is 2.56. The van der Waals surface area contributed by atoms with Gasteiger partial charge in [-0.2, -0.15) is 0 Å². The number of carbonyl (C=O) groups is 1. The zero-order valence-electron chi connectivity index (χ0n) is 15.9. The molecule has 1 atom stereocenters. The van der Waals surface area contributed by atoms with Crippen molar-refractivity contribution in [1.82, 2.24) is 5.32 Å². The summed E-state index contributed by atoms with van der Waals surface area (Å²) in [5, 5.41) is 11.8. The molecule has 0 aromatic rings. The van der Waals surface area contributed by atoms with Crippen LogP contribution in [0.15, 0.2) is 24.3 Å². The topological polar surface area (TPSA) is 49.3 Å². The molecule has 0 aliphatic rings. The van der Waals surface area contributed by atoms with Crippen LogP contribution in [0.4, 0.5) is 0 Å². The Morgan fingerprint density at radius 2 is 1.50 bits per heavy atom. The zero-order valence-corrected chi connectivity index (χ0v) is 15.9. The van der Waals surface area contributed by atoms with Crippen LogP contribution < -0.4 is 5.32 Å². The van der Waals surface area contributed by atoms with Crippen LogP contribution in [0, 0.1) is 0 Å². The van der Waals surface area contributed by atoms with Crippen molar-refractivity contribution in [3.63, 3.8) is 0 Å². The molecule has 0 aliphatic heterocycles. The van der Waals surface area contributed by atoms with Gasteiger partial charge in [0.1, 0.15) is 0 Å². The van der Waals surface area contributed by atoms with Crippen molar-refractivity contribution in [1.29, 1.82) is 0 Å². The van der Waals surface area contributed by atoms with Crippen LogP contribution >= 0.6 is 0 Å². The molecule has 1 unspecified atom stereocenters. The van der Waals surface area contributed by atoms with Gasteiger partial charge in [-0.05, 0) is 45.4 Å². The van der Waals surface area contributed by atoms with Crippen molar-refractivity contribution in [2.75, 3.05) is 6.54 Å². The fraction of sp³-hybridized carbons (Fsp3) is 0.762. The molecule has 1 amide bonds. The van der Waals surface area contributed by atoms with E-state index in [2.05, 4.69) is 36.5 Å². The lowest BCUT2D eigenvalue weighted by Crippen LogP contribution is -2.30. The van der Waals surface area contributed by atoms with Gasteiger partial charge < -0.3 is 10.4 Å². The highest BCUT2D eigenvalue weighted by Crippen LogP contribution is 2.08. The number of allylic oxidation sites excluding steroid dienone is 4. The summed E-state index contributed by atoms with van der Waals surface area (Å²) in [6.45, 7) is 4.28. The van der Waals surface area contributed by atoms with Crippen LogP contribution in [0.5, 0.6) is 0 Å². The van der Waals surface area contributed by atoms with E-state index in [1.54, 1.807) is 6.92 Å². The molecule has 0 fully saturated rings. The maximum Gasteiger partial charge on any atom is 0.220 e. The number of carbonyl (C=O) groups excluding carboxylic acids is 1. The Hall–Kier alpha value is -1.09. The van der Waals surface area contributed by atoms with E-state index in [0.717, 1.165) is 19.3 Å². The number of amides is 1. The Morgan fingerprint density at radius 3 is 2.12 bits per heavy atom. The van der Waals surface area contributed by atoms with E-state index in [1.165, 1.54) is 51.4 Å². The van der Waals surface area contributed by atoms with Crippen LogP contribution in [-0.2, 0) is 4.79 Å². The predicted octanol–water partition coefficient (Wildman–Crippen LogP) is 5.30. The van der Waals surface area contributed by atoms with Crippen molar-refractivity contribution >= 4 is 5.91 Å². The normalized spacial score (nSPS) is 13.0. The van der Waals surface area contributed by atoms with Crippen molar-refractivity contribution in [2.24, 2.45) is 0 Å². The molecule has 0 aliphatic carbocycles. The molecule has 0 saturated heterocycles. The van der Waals surface area contributed by atoms with E-state index in [-0.39, 0.29) is 5.91 Å². The third-order valence-corrected chi connectivity index (χ3v) is 3.95. The highest BCUT2D eigenvalue weighted by Gasteiger charge is 2.02. The summed E-state index contributed by atoms with van der Waals surface area (Å²) in [5.41, 5.74) is 0. The van der Waals surface area contributed by atoms with Crippen LogP contribution in [0.2, 0.25) is 0 Å². The van der Waals surface area contributed by atoms with Gasteiger partial charge in [0.15, 0.2) is 0 Å². The van der Waals surface area contributed by atoms with Crippen LogP contribution in [0.25, 0.3) is 0 Å². The number of aliphatic hydroxyl groups is 1. The third-order valence-electron chi connectivity index (χ3n) is 3.95. The van der Waals surface area contributed by atoms with Crippen LogP contribution in [0.3, 0.4) is 0 Å². The van der Waals surface area contributed by atoms with E-state index in [9.17, 15) is 4.79 Å². The molecule has 0 saturated carbocycles. The summed E-state index contributed by atoms with van der Waals surface area (Å²) in [6.07, 6.45) is 22.4. The Bertz CT molecular complexity index is 335. The first-order valence-corrected chi connectivity index (χ1v) is 9.91. The summed E-state index contributed by atoms with van der Waals surface area (Å²) in [4.78, 5) is 11.4. The Kier molecular flexibility index (Phi) is 17.4. The van der Waals surface area contributed by atoms with Crippen LogP contribution in [0.1, 0.15) is 90.9 Å². The molecule has 0 heterocycles. The maximum atomic E-state index is 11.4. The number of hydrogen-bond donors (Lipinski definition) is 2. The van der Waals surface area contributed by atoms with E-state index in [4.69, 9.17) is 5.11 Å². The Labute approximate surface area is 149 Å². The maximum absolute atomic E-state index is 11.4. The summed E-state index contributed by atoms with van der Waals surface area (Å²) in [5.74, 6) is 0.0570. The molecular weight excluding hydrogens is 298 g/mol. The van der Waals surface area contributed by atoms with Gasteiger partial charge in [-0.3, -0.25) is 4.79 Å². The van der Waals surface area contributed by atoms with Gasteiger partial charge in [0, 0.05) is 13.0 Å². The van der Waals surface area contributed by atoms with Gasteiger partial charge in [0.2, 0.25) is 5.91 Å². The molecule has 140 valence electrons. The zero-order chi connectivity index (χ0) is 17.9. The van der Waals surface area contributed by atoms with E-state index >= 15 is 0 Å². The van der Waals surface area contributed by atoms with E-state index in [0.29, 0.717) is 13.0 Å². The summed E-state index contributed by atoms with van der Waals surface area (Å²) < 4.78 is 0. The van der Waals surface area contributed by atoms with Gasteiger partial charge in [0.25, 0.3) is 0 Å². The fourth-order valence-corrected chi connectivity index (χ4v) is 2.45. The SMILES string of the molecule is CCCCC/C=C\C/C=C\CCCCCCCC(=O)NCC(C)O. The standard InChI is InChI=1S/C21H39NO2/c1-3-4-5-6-7-8-9-10-11-12-13-14-15-16-17-18-21(24)22-19-20(2)23/h7-8,10-11,20,23H,3-6,9,12-19H2,1-2H3,(H,22,24)/b8-7-,11-10-. The van der Waals surface area contributed by atoms with Gasteiger partial charge in [-0.15, -0.1) is 0 Å². The highest BCUT2D eigenvalue weighted by molar-refractivity contribution is 5.75. The number of unbranched alkanes of at least 4 members (excludes halogenated alkanes) is 8. The molecule has 0 rings (SSSR count). The van der Waals surface area contributed by atoms with Crippen LogP contribution in [-0.4, -0.2) is 23.7 Å². The molecular formula is C21H39NO2. The van der Waals surface area contributed by atoms with Gasteiger partial charge >= 0.3 is 0 Å². The van der Waals surface area contributed by atoms with E-state index in [1.807, 2.05) is 0 Å². The lowest BCUT2D eigenvalue weighted by Gasteiger charge is -2.06. The summed E-state index contributed by atoms with van der Waals surface area (Å²) in [6, 6.07) is 0. The Morgan fingerprint density at radius 1 is 0.917 bits per heavy atom. The molecule has 3 heteroatoms. The van der Waals surface area contributed by atoms with Gasteiger partial charge in [-0.25, -0.2) is 0 Å². The quantitative estimate of drug-likeness (QED) is 0.297. The second-order valence-electron chi connectivity index (χ2n) is 6.63. The summed E-state index contributed by atoms with van der Waals surface area (Å²) in [7, 11) is 0. The van der Waals surface area contributed by atoms with Gasteiger partial charge in [-0.1, -0.05) is 63.3 Å². The lowest BCUT2D eigenvalue weighted by molar-refractivity contribution is -0.121.